The highest BCUT2D eigenvalue weighted by molar-refractivity contribution is 5.94. The number of nitrogens with one attached hydrogen (secondary N) is 1. The second-order valence-corrected chi connectivity index (χ2v) is 4.53. The van der Waals surface area contributed by atoms with Gasteiger partial charge in [0.25, 0.3) is 0 Å². The molecule has 18 heavy (non-hydrogen) atoms. The van der Waals surface area contributed by atoms with E-state index < -0.39 is 0 Å². The summed E-state index contributed by atoms with van der Waals surface area (Å²) in [6, 6.07) is 3.70. The molecule has 0 fully saturated rings. The number of nitrogen functional groups attached to an aromatic ring is 1. The highest BCUT2D eigenvalue weighted by Crippen LogP contribution is 2.22. The monoisotopic (exact) mass is 241 g/mol. The number of hydrogen-bond acceptors (Lipinski definition) is 3. The summed E-state index contributed by atoms with van der Waals surface area (Å²) >= 11 is 0. The van der Waals surface area contributed by atoms with Gasteiger partial charge < -0.3 is 5.73 Å². The largest absolute Gasteiger partial charge is 0.384 e. The van der Waals surface area contributed by atoms with Crippen LogP contribution in [0.25, 0.3) is 5.82 Å². The van der Waals surface area contributed by atoms with Gasteiger partial charge in [0.05, 0.1) is 5.69 Å². The molecule has 5 heteroatoms. The highest BCUT2D eigenvalue weighted by atomic mass is 15.1. The Labute approximate surface area is 105 Å². The first-order valence-corrected chi connectivity index (χ1v) is 6.11. The zero-order chi connectivity index (χ0) is 12.5. The minimum Gasteiger partial charge on any atom is -0.384 e. The predicted molar refractivity (Wildman–Crippen MR) is 69.0 cm³/mol. The summed E-state index contributed by atoms with van der Waals surface area (Å²) in [5, 5.41) is 7.35. The molecule has 2 aromatic rings. The summed E-state index contributed by atoms with van der Waals surface area (Å²) in [5.41, 5.74) is 8.52. The van der Waals surface area contributed by atoms with Gasteiger partial charge >= 0.3 is 0 Å². The summed E-state index contributed by atoms with van der Waals surface area (Å²) in [5.74, 6) is 0.886. The molecule has 0 aliphatic heterocycles. The maximum Gasteiger partial charge on any atom is 0.138 e. The smallest absolute Gasteiger partial charge is 0.138 e. The van der Waals surface area contributed by atoms with Crippen LogP contribution in [0, 0.1) is 5.41 Å². The molecule has 92 valence electrons. The second-order valence-electron chi connectivity index (χ2n) is 4.53. The minimum absolute atomic E-state index is 0.0433. The van der Waals surface area contributed by atoms with E-state index in [0.717, 1.165) is 18.7 Å². The Morgan fingerprint density at radius 1 is 1.22 bits per heavy atom. The van der Waals surface area contributed by atoms with E-state index in [-0.39, 0.29) is 5.84 Å². The molecule has 1 aliphatic carbocycles. The van der Waals surface area contributed by atoms with Gasteiger partial charge in [-0.2, -0.15) is 0 Å². The van der Waals surface area contributed by atoms with Gasteiger partial charge in [0.2, 0.25) is 0 Å². The van der Waals surface area contributed by atoms with Crippen molar-refractivity contribution >= 4 is 5.84 Å². The van der Waals surface area contributed by atoms with Gasteiger partial charge in [-0.3, -0.25) is 9.98 Å². The number of aryl methyl sites for hydroxylation is 1. The third kappa shape index (κ3) is 1.77. The van der Waals surface area contributed by atoms with Crippen LogP contribution in [0.3, 0.4) is 0 Å². The van der Waals surface area contributed by atoms with Crippen molar-refractivity contribution in [2.45, 2.75) is 25.7 Å². The number of aromatic nitrogens is 3. The third-order valence-corrected chi connectivity index (χ3v) is 3.34. The highest BCUT2D eigenvalue weighted by Gasteiger charge is 2.16. The average molecular weight is 241 g/mol. The first kappa shape index (κ1) is 11.0. The molecule has 5 nitrogen and oxygen atoms in total. The standard InChI is InChI=1S/C13H15N5/c14-13(15)9-5-6-12(16-7-9)18-8-17-10-3-1-2-4-11(10)18/h5-8H,1-4H2,(H3,14,15). The topological polar surface area (TPSA) is 80.6 Å². The Hall–Kier alpha value is -2.17. The van der Waals surface area contributed by atoms with Crippen molar-refractivity contribution in [3.63, 3.8) is 0 Å². The Balaban J connectivity index is 1.99. The van der Waals surface area contributed by atoms with E-state index in [4.69, 9.17) is 11.1 Å². The van der Waals surface area contributed by atoms with Crippen molar-refractivity contribution in [1.29, 1.82) is 5.41 Å². The van der Waals surface area contributed by atoms with Crippen LogP contribution < -0.4 is 5.73 Å². The van der Waals surface area contributed by atoms with Gasteiger partial charge in [-0.25, -0.2) is 9.97 Å². The lowest BCUT2D eigenvalue weighted by molar-refractivity contribution is 0.654. The molecule has 2 aromatic heterocycles. The van der Waals surface area contributed by atoms with Crippen LogP contribution in [-0.2, 0) is 12.8 Å². The average Bonchev–Trinajstić information content (AvgIpc) is 2.82. The fraction of sp³-hybridized carbons (Fsp3) is 0.308. The van der Waals surface area contributed by atoms with Crippen molar-refractivity contribution in [3.05, 3.63) is 41.6 Å². The van der Waals surface area contributed by atoms with Gasteiger partial charge in [0.1, 0.15) is 18.0 Å². The molecule has 0 saturated heterocycles. The number of pyridine rings is 1. The number of fused-ring (bicyclic) bond motifs is 1. The van der Waals surface area contributed by atoms with Crippen molar-refractivity contribution in [3.8, 4) is 5.82 Å². The molecule has 1 aliphatic rings. The molecule has 2 heterocycles. The van der Waals surface area contributed by atoms with Crippen LogP contribution in [0.15, 0.2) is 24.7 Å². The molecule has 0 amide bonds. The number of imidazole rings is 1. The minimum atomic E-state index is 0.0433. The van der Waals surface area contributed by atoms with Crippen LogP contribution in [0.2, 0.25) is 0 Å². The first-order valence-electron chi connectivity index (χ1n) is 6.11. The lowest BCUT2D eigenvalue weighted by Gasteiger charge is -2.13. The quantitative estimate of drug-likeness (QED) is 0.616. The zero-order valence-corrected chi connectivity index (χ0v) is 10.1. The van der Waals surface area contributed by atoms with Crippen molar-refractivity contribution in [2.24, 2.45) is 5.73 Å². The molecule has 0 aromatic carbocycles. The maximum absolute atomic E-state index is 7.35. The normalized spacial score (nSPS) is 14.2. The van der Waals surface area contributed by atoms with Gasteiger partial charge in [-0.1, -0.05) is 0 Å². The third-order valence-electron chi connectivity index (χ3n) is 3.34. The summed E-state index contributed by atoms with van der Waals surface area (Å²) in [7, 11) is 0. The van der Waals surface area contributed by atoms with Crippen molar-refractivity contribution < 1.29 is 0 Å². The summed E-state index contributed by atoms with van der Waals surface area (Å²) in [6.45, 7) is 0. The van der Waals surface area contributed by atoms with Gasteiger partial charge in [-0.15, -0.1) is 0 Å². The number of nitrogens with two attached hydrogens (primary N) is 1. The lowest BCUT2D eigenvalue weighted by atomic mass is 10.0. The van der Waals surface area contributed by atoms with E-state index in [1.165, 1.54) is 24.2 Å². The first-order chi connectivity index (χ1) is 8.75. The van der Waals surface area contributed by atoms with Gasteiger partial charge in [-0.05, 0) is 37.8 Å². The molecule has 3 N–H and O–H groups in total. The molecular weight excluding hydrogens is 226 g/mol. The van der Waals surface area contributed by atoms with E-state index in [1.807, 2.05) is 23.0 Å². The number of rotatable bonds is 2. The molecular formula is C13H15N5. The van der Waals surface area contributed by atoms with Crippen molar-refractivity contribution in [1.82, 2.24) is 14.5 Å². The second kappa shape index (κ2) is 4.25. The molecule has 0 spiro atoms. The van der Waals surface area contributed by atoms with E-state index in [2.05, 4.69) is 9.97 Å². The van der Waals surface area contributed by atoms with Crippen LogP contribution in [-0.4, -0.2) is 20.4 Å². The number of nitrogens with zero attached hydrogens (tertiary/aromatic N) is 3. The maximum atomic E-state index is 7.35. The van der Waals surface area contributed by atoms with Crippen LogP contribution in [0.4, 0.5) is 0 Å². The molecule has 0 unspecified atom stereocenters. The van der Waals surface area contributed by atoms with E-state index in [1.54, 1.807) is 6.20 Å². The fourth-order valence-electron chi connectivity index (χ4n) is 2.35. The Morgan fingerprint density at radius 2 is 2.06 bits per heavy atom. The van der Waals surface area contributed by atoms with E-state index in [9.17, 15) is 0 Å². The van der Waals surface area contributed by atoms with E-state index in [0.29, 0.717) is 5.56 Å². The van der Waals surface area contributed by atoms with Crippen LogP contribution in [0.1, 0.15) is 29.8 Å². The van der Waals surface area contributed by atoms with Gasteiger partial charge in [0, 0.05) is 17.5 Å². The molecule has 0 atom stereocenters. The number of hydrogen-bond donors (Lipinski definition) is 2. The molecule has 0 bridgehead atoms. The van der Waals surface area contributed by atoms with Crippen molar-refractivity contribution in [2.75, 3.05) is 0 Å². The Bertz CT molecular complexity index is 582. The summed E-state index contributed by atoms with van der Waals surface area (Å²) in [4.78, 5) is 8.80. The Morgan fingerprint density at radius 3 is 2.78 bits per heavy atom. The summed E-state index contributed by atoms with van der Waals surface area (Å²) in [6.07, 6.45) is 8.03. The Kier molecular flexibility index (Phi) is 2.59. The zero-order valence-electron chi connectivity index (χ0n) is 10.1. The number of amidine groups is 1. The SMILES string of the molecule is N=C(N)c1ccc(-n2cnc3c2CCCC3)nc1. The fourth-order valence-corrected chi connectivity index (χ4v) is 2.35. The van der Waals surface area contributed by atoms with Crippen LogP contribution >= 0.6 is 0 Å². The molecule has 3 rings (SSSR count). The lowest BCUT2D eigenvalue weighted by Crippen LogP contribution is -2.12. The summed E-state index contributed by atoms with van der Waals surface area (Å²) < 4.78 is 2.04. The molecule has 0 radical (unpaired) electrons. The van der Waals surface area contributed by atoms with Crippen LogP contribution in [0.5, 0.6) is 0 Å². The predicted octanol–water partition coefficient (Wildman–Crippen LogP) is 1.43. The van der Waals surface area contributed by atoms with E-state index >= 15 is 0 Å². The molecule has 0 saturated carbocycles. The van der Waals surface area contributed by atoms with Gasteiger partial charge in [0.15, 0.2) is 0 Å².